The van der Waals surface area contributed by atoms with Crippen LogP contribution in [-0.4, -0.2) is 27.5 Å². The first-order chi connectivity index (χ1) is 5.58. The molecule has 0 aliphatic carbocycles. The lowest BCUT2D eigenvalue weighted by molar-refractivity contribution is 0.365. The molecular weight excluding hydrogens is 195 g/mol. The van der Waals surface area contributed by atoms with Gasteiger partial charge >= 0.3 is 7.60 Å². The van der Waals surface area contributed by atoms with Crippen molar-refractivity contribution in [1.82, 2.24) is 0 Å². The van der Waals surface area contributed by atoms with E-state index in [1.807, 2.05) is 11.8 Å². The molecule has 1 heterocycles. The number of rotatable bonds is 3. The van der Waals surface area contributed by atoms with Crippen LogP contribution in [0.1, 0.15) is 19.3 Å². The Kier molecular flexibility index (Phi) is 4.11. The lowest BCUT2D eigenvalue weighted by Gasteiger charge is -2.20. The Balaban J connectivity index is 2.17. The van der Waals surface area contributed by atoms with Crippen LogP contribution in [0.4, 0.5) is 0 Å². The summed E-state index contributed by atoms with van der Waals surface area (Å²) in [4.78, 5) is 17.3. The third kappa shape index (κ3) is 4.51. The summed E-state index contributed by atoms with van der Waals surface area (Å²) in [5.41, 5.74) is 0. The van der Waals surface area contributed by atoms with Gasteiger partial charge in [0.1, 0.15) is 0 Å². The number of thioether (sulfide) groups is 1. The first kappa shape index (κ1) is 10.6. The van der Waals surface area contributed by atoms with E-state index < -0.39 is 7.60 Å². The highest BCUT2D eigenvalue weighted by Gasteiger charge is 2.19. The van der Waals surface area contributed by atoms with E-state index in [4.69, 9.17) is 9.79 Å². The average molecular weight is 210 g/mol. The van der Waals surface area contributed by atoms with Crippen LogP contribution in [0.3, 0.4) is 0 Å². The van der Waals surface area contributed by atoms with Gasteiger partial charge in [-0.2, -0.15) is 11.8 Å². The van der Waals surface area contributed by atoms with Crippen molar-refractivity contribution in [3.63, 3.8) is 0 Å². The second kappa shape index (κ2) is 4.66. The topological polar surface area (TPSA) is 57.5 Å². The molecule has 1 aliphatic heterocycles. The largest absolute Gasteiger partial charge is 0.325 e. The zero-order valence-corrected chi connectivity index (χ0v) is 8.69. The Morgan fingerprint density at radius 2 is 2.25 bits per heavy atom. The molecule has 0 spiro atoms. The average Bonchev–Trinajstić information content (AvgIpc) is 2.02. The van der Waals surface area contributed by atoms with Gasteiger partial charge in [-0.05, 0) is 36.7 Å². The summed E-state index contributed by atoms with van der Waals surface area (Å²) in [6.07, 6.45) is 3.11. The summed E-state index contributed by atoms with van der Waals surface area (Å²) in [5.74, 6) is 2.84. The lowest BCUT2D eigenvalue weighted by Crippen LogP contribution is -2.11. The zero-order valence-electron chi connectivity index (χ0n) is 6.98. The monoisotopic (exact) mass is 210 g/mol. The Morgan fingerprint density at radius 3 is 2.75 bits per heavy atom. The van der Waals surface area contributed by atoms with Gasteiger partial charge in [-0.1, -0.05) is 0 Å². The summed E-state index contributed by atoms with van der Waals surface area (Å²) in [6.45, 7) is 0. The van der Waals surface area contributed by atoms with E-state index in [-0.39, 0.29) is 6.16 Å². The van der Waals surface area contributed by atoms with Gasteiger partial charge in [0.15, 0.2) is 0 Å². The molecule has 12 heavy (non-hydrogen) atoms. The molecule has 0 radical (unpaired) electrons. The second-order valence-electron chi connectivity index (χ2n) is 3.26. The van der Waals surface area contributed by atoms with Crippen LogP contribution in [-0.2, 0) is 4.57 Å². The van der Waals surface area contributed by atoms with Crippen molar-refractivity contribution in [2.24, 2.45) is 5.92 Å². The van der Waals surface area contributed by atoms with Crippen molar-refractivity contribution >= 4 is 19.4 Å². The predicted molar refractivity (Wildman–Crippen MR) is 51.6 cm³/mol. The highest BCUT2D eigenvalue weighted by atomic mass is 32.2. The summed E-state index contributed by atoms with van der Waals surface area (Å²) >= 11 is 1.90. The minimum absolute atomic E-state index is 0.0677. The third-order valence-electron chi connectivity index (χ3n) is 2.08. The zero-order chi connectivity index (χ0) is 9.03. The maximum atomic E-state index is 10.6. The Labute approximate surface area is 77.1 Å². The molecule has 1 atom stereocenters. The molecule has 3 nitrogen and oxygen atoms in total. The lowest BCUT2D eigenvalue weighted by atomic mass is 10.0. The molecule has 1 saturated heterocycles. The van der Waals surface area contributed by atoms with Crippen molar-refractivity contribution in [3.05, 3.63) is 0 Å². The van der Waals surface area contributed by atoms with Crippen LogP contribution >= 0.6 is 19.4 Å². The van der Waals surface area contributed by atoms with Crippen molar-refractivity contribution in [1.29, 1.82) is 0 Å². The highest BCUT2D eigenvalue weighted by molar-refractivity contribution is 7.99. The SMILES string of the molecule is O=P(O)(O)CCC1CCCSC1. The van der Waals surface area contributed by atoms with E-state index in [0.29, 0.717) is 12.3 Å². The van der Waals surface area contributed by atoms with Crippen LogP contribution in [0.25, 0.3) is 0 Å². The Morgan fingerprint density at radius 1 is 1.50 bits per heavy atom. The smallest absolute Gasteiger partial charge is 0.324 e. The van der Waals surface area contributed by atoms with Crippen LogP contribution < -0.4 is 0 Å². The number of hydrogen-bond donors (Lipinski definition) is 2. The Hall–Kier alpha value is 0.500. The van der Waals surface area contributed by atoms with Crippen LogP contribution in [0, 0.1) is 5.92 Å². The maximum Gasteiger partial charge on any atom is 0.325 e. The third-order valence-corrected chi connectivity index (χ3v) is 4.21. The fourth-order valence-electron chi connectivity index (χ4n) is 1.39. The standard InChI is InChI=1S/C7H15O3PS/c8-11(9,10)4-3-7-2-1-5-12-6-7/h7H,1-6H2,(H2,8,9,10). The normalized spacial score (nSPS) is 25.7. The molecule has 0 saturated carbocycles. The second-order valence-corrected chi connectivity index (χ2v) is 6.19. The van der Waals surface area contributed by atoms with Gasteiger partial charge in [-0.3, -0.25) is 4.57 Å². The first-order valence-electron chi connectivity index (χ1n) is 4.20. The molecule has 0 aromatic carbocycles. The summed E-state index contributed by atoms with van der Waals surface area (Å²) < 4.78 is 10.6. The van der Waals surface area contributed by atoms with Gasteiger partial charge in [0.25, 0.3) is 0 Å². The van der Waals surface area contributed by atoms with Gasteiger partial charge in [-0.15, -0.1) is 0 Å². The summed E-state index contributed by atoms with van der Waals surface area (Å²) in [7, 11) is -3.74. The van der Waals surface area contributed by atoms with Gasteiger partial charge in [0.2, 0.25) is 0 Å². The molecule has 72 valence electrons. The molecule has 2 N–H and O–H groups in total. The van der Waals surface area contributed by atoms with Gasteiger partial charge in [0.05, 0.1) is 6.16 Å². The van der Waals surface area contributed by atoms with Gasteiger partial charge < -0.3 is 9.79 Å². The van der Waals surface area contributed by atoms with E-state index in [1.165, 1.54) is 12.2 Å². The minimum atomic E-state index is -3.74. The van der Waals surface area contributed by atoms with Crippen molar-refractivity contribution < 1.29 is 14.4 Å². The van der Waals surface area contributed by atoms with E-state index in [0.717, 1.165) is 12.2 Å². The molecule has 1 aliphatic rings. The molecule has 1 rings (SSSR count). The first-order valence-corrected chi connectivity index (χ1v) is 7.15. The molecule has 0 aromatic heterocycles. The van der Waals surface area contributed by atoms with Crippen molar-refractivity contribution in [3.8, 4) is 0 Å². The van der Waals surface area contributed by atoms with Gasteiger partial charge in [0, 0.05) is 0 Å². The Bertz CT molecular complexity index is 173. The molecule has 0 aromatic rings. The predicted octanol–water partition coefficient (Wildman–Crippen LogP) is 1.70. The van der Waals surface area contributed by atoms with E-state index in [2.05, 4.69) is 0 Å². The van der Waals surface area contributed by atoms with Crippen LogP contribution in [0.2, 0.25) is 0 Å². The quantitative estimate of drug-likeness (QED) is 0.696. The van der Waals surface area contributed by atoms with E-state index >= 15 is 0 Å². The summed E-state index contributed by atoms with van der Waals surface area (Å²) in [6, 6.07) is 0. The summed E-state index contributed by atoms with van der Waals surface area (Å²) in [5, 5.41) is 0. The molecule has 1 fully saturated rings. The molecule has 5 heteroatoms. The fraction of sp³-hybridized carbons (Fsp3) is 1.00. The maximum absolute atomic E-state index is 10.6. The molecular formula is C7H15O3PS. The van der Waals surface area contributed by atoms with E-state index in [1.54, 1.807) is 0 Å². The molecule has 0 amide bonds. The fourth-order valence-corrected chi connectivity index (χ4v) is 3.29. The minimum Gasteiger partial charge on any atom is -0.324 e. The molecule has 1 unspecified atom stereocenters. The number of hydrogen-bond acceptors (Lipinski definition) is 2. The van der Waals surface area contributed by atoms with Crippen molar-refractivity contribution in [2.45, 2.75) is 19.3 Å². The van der Waals surface area contributed by atoms with Gasteiger partial charge in [-0.25, -0.2) is 0 Å². The highest BCUT2D eigenvalue weighted by Crippen LogP contribution is 2.38. The van der Waals surface area contributed by atoms with Crippen molar-refractivity contribution in [2.75, 3.05) is 17.7 Å². The van der Waals surface area contributed by atoms with Crippen LogP contribution in [0.5, 0.6) is 0 Å². The molecule has 0 bridgehead atoms. The van der Waals surface area contributed by atoms with E-state index in [9.17, 15) is 4.57 Å². The van der Waals surface area contributed by atoms with Crippen LogP contribution in [0.15, 0.2) is 0 Å².